The third-order valence-electron chi connectivity index (χ3n) is 9.66. The average molecular weight is 651 g/mol. The van der Waals surface area contributed by atoms with E-state index in [9.17, 15) is 16.8 Å². The summed E-state index contributed by atoms with van der Waals surface area (Å²) >= 11 is 0. The van der Waals surface area contributed by atoms with Gasteiger partial charge in [0.05, 0.1) is 9.79 Å². The molecule has 0 N–H and O–H groups in total. The fourth-order valence-corrected chi connectivity index (χ4v) is 10.1. The first-order chi connectivity index (χ1) is 22.1. The first-order valence-electron chi connectivity index (χ1n) is 15.8. The Bertz CT molecular complexity index is 1820. The molecule has 0 aromatic heterocycles. The van der Waals surface area contributed by atoms with E-state index >= 15 is 0 Å². The van der Waals surface area contributed by atoms with Crippen LogP contribution >= 0.6 is 0 Å². The lowest BCUT2D eigenvalue weighted by atomic mass is 9.79. The number of benzene rings is 4. The van der Waals surface area contributed by atoms with Gasteiger partial charge in [-0.1, -0.05) is 108 Å². The van der Waals surface area contributed by atoms with Crippen molar-refractivity contribution in [2.45, 2.75) is 47.3 Å². The van der Waals surface area contributed by atoms with E-state index in [0.717, 1.165) is 33.4 Å². The van der Waals surface area contributed by atoms with E-state index in [-0.39, 0.29) is 59.6 Å². The Balaban J connectivity index is 1.37. The van der Waals surface area contributed by atoms with Crippen LogP contribution in [-0.4, -0.2) is 51.6 Å². The van der Waals surface area contributed by atoms with Gasteiger partial charge in [-0.3, -0.25) is 0 Å². The summed E-state index contributed by atoms with van der Waals surface area (Å²) in [5.41, 5.74) is 6.14. The van der Waals surface area contributed by atoms with Crippen molar-refractivity contribution in [3.8, 4) is 0 Å². The number of fused-ring (bicyclic) bond motifs is 10. The standard InChI is InChI=1S/C38H38N2O4S2/c1-27-11-19-33(20-12-27)45(41,42)39-23-29-15-17-31(37-9-5-3-7-35(29)37)25-40(46(43,44)34-21-13-28(2)14-22-34)26-32-18-16-30(24-39)36-8-4-6-10-38(32)36/h3-22,29-32H,23-26H2,1-2H3. The molecule has 2 aliphatic carbocycles. The topological polar surface area (TPSA) is 74.8 Å². The summed E-state index contributed by atoms with van der Waals surface area (Å²) < 4.78 is 60.6. The van der Waals surface area contributed by atoms with Gasteiger partial charge >= 0.3 is 0 Å². The molecule has 0 fully saturated rings. The minimum atomic E-state index is -3.82. The van der Waals surface area contributed by atoms with Gasteiger partial charge in [0.25, 0.3) is 0 Å². The van der Waals surface area contributed by atoms with Crippen molar-refractivity contribution in [2.24, 2.45) is 0 Å². The predicted octanol–water partition coefficient (Wildman–Crippen LogP) is 6.87. The third kappa shape index (κ3) is 5.68. The SMILES string of the molecule is Cc1ccc(S(=O)(=O)N2CC3C=CC(CN(S(=O)(=O)c4ccc(C)cc4)CC4C=CC(C2)c2ccccc24)c2ccccc23)cc1. The zero-order valence-electron chi connectivity index (χ0n) is 26.0. The summed E-state index contributed by atoms with van der Waals surface area (Å²) in [5, 5.41) is 0. The Kier molecular flexibility index (Phi) is 8.09. The van der Waals surface area contributed by atoms with Gasteiger partial charge in [-0.05, 0) is 60.4 Å². The van der Waals surface area contributed by atoms with Crippen molar-refractivity contribution in [3.63, 3.8) is 0 Å². The van der Waals surface area contributed by atoms with Crippen molar-refractivity contribution in [3.05, 3.63) is 155 Å². The van der Waals surface area contributed by atoms with Crippen LogP contribution in [0, 0.1) is 13.8 Å². The van der Waals surface area contributed by atoms with Gasteiger partial charge in [0, 0.05) is 49.9 Å². The van der Waals surface area contributed by atoms with E-state index in [1.54, 1.807) is 32.9 Å². The lowest BCUT2D eigenvalue weighted by molar-refractivity contribution is 0.367. The van der Waals surface area contributed by atoms with Gasteiger partial charge in [-0.15, -0.1) is 0 Å². The van der Waals surface area contributed by atoms with Crippen molar-refractivity contribution < 1.29 is 16.8 Å². The van der Waals surface area contributed by atoms with Crippen molar-refractivity contribution in [1.29, 1.82) is 0 Å². The molecular formula is C38H38N2O4S2. The molecular weight excluding hydrogens is 613 g/mol. The summed E-state index contributed by atoms with van der Waals surface area (Å²) in [4.78, 5) is 0.571. The van der Waals surface area contributed by atoms with Gasteiger partial charge in [0.2, 0.25) is 20.0 Å². The second-order valence-corrected chi connectivity index (χ2v) is 16.6. The highest BCUT2D eigenvalue weighted by molar-refractivity contribution is 7.89. The van der Waals surface area contributed by atoms with Crippen LogP contribution in [0.1, 0.15) is 57.1 Å². The summed E-state index contributed by atoms with van der Waals surface area (Å²) in [6.07, 6.45) is 8.31. The van der Waals surface area contributed by atoms with E-state index in [1.165, 1.54) is 0 Å². The summed E-state index contributed by atoms with van der Waals surface area (Å²) in [5.74, 6) is -0.747. The smallest absolute Gasteiger partial charge is 0.207 e. The van der Waals surface area contributed by atoms with Gasteiger partial charge in [0.15, 0.2) is 0 Å². The number of hydrogen-bond acceptors (Lipinski definition) is 4. The highest BCUT2D eigenvalue weighted by Gasteiger charge is 2.37. The van der Waals surface area contributed by atoms with Crippen LogP contribution in [-0.2, 0) is 20.0 Å². The molecule has 4 aromatic carbocycles. The highest BCUT2D eigenvalue weighted by Crippen LogP contribution is 2.41. The fraction of sp³-hybridized carbons (Fsp3) is 0.263. The Morgan fingerprint density at radius 1 is 0.435 bits per heavy atom. The molecule has 1 heterocycles. The highest BCUT2D eigenvalue weighted by atomic mass is 32.2. The largest absolute Gasteiger partial charge is 0.243 e. The molecule has 6 nitrogen and oxygen atoms in total. The van der Waals surface area contributed by atoms with E-state index < -0.39 is 20.0 Å². The molecule has 0 radical (unpaired) electrons. The van der Waals surface area contributed by atoms with E-state index in [4.69, 9.17) is 0 Å². The second kappa shape index (κ2) is 12.1. The van der Waals surface area contributed by atoms with Crippen LogP contribution in [0.3, 0.4) is 0 Å². The fourth-order valence-electron chi connectivity index (χ4n) is 7.10. The molecule has 1 aliphatic heterocycles. The molecule has 46 heavy (non-hydrogen) atoms. The molecule has 4 bridgehead atoms. The predicted molar refractivity (Wildman–Crippen MR) is 182 cm³/mol. The number of sulfonamides is 2. The molecule has 236 valence electrons. The summed E-state index contributed by atoms with van der Waals surface area (Å²) in [6, 6.07) is 30.3. The summed E-state index contributed by atoms with van der Waals surface area (Å²) in [6.45, 7) is 5.00. The molecule has 8 heteroatoms. The van der Waals surface area contributed by atoms with Crippen LogP contribution in [0.15, 0.2) is 131 Å². The van der Waals surface area contributed by atoms with Crippen LogP contribution in [0.2, 0.25) is 0 Å². The van der Waals surface area contributed by atoms with Crippen LogP contribution in [0.25, 0.3) is 0 Å². The second-order valence-electron chi connectivity index (χ2n) is 12.7. The van der Waals surface area contributed by atoms with E-state index in [2.05, 4.69) is 48.6 Å². The summed E-state index contributed by atoms with van der Waals surface area (Å²) in [7, 11) is -7.65. The minimum absolute atomic E-state index is 0.187. The Morgan fingerprint density at radius 2 is 0.696 bits per heavy atom. The maximum Gasteiger partial charge on any atom is 0.243 e. The molecule has 4 atom stereocenters. The van der Waals surface area contributed by atoms with Gasteiger partial charge in [-0.25, -0.2) is 16.8 Å². The lowest BCUT2D eigenvalue weighted by Gasteiger charge is -2.37. The van der Waals surface area contributed by atoms with Crippen LogP contribution in [0.4, 0.5) is 0 Å². The Hall–Kier alpha value is -3.82. The maximum atomic E-state index is 14.3. The number of hydrogen-bond donors (Lipinski definition) is 0. The van der Waals surface area contributed by atoms with Crippen molar-refractivity contribution >= 4 is 20.0 Å². The quantitative estimate of drug-likeness (QED) is 0.226. The third-order valence-corrected chi connectivity index (χ3v) is 13.4. The van der Waals surface area contributed by atoms with Gasteiger partial charge < -0.3 is 0 Å². The average Bonchev–Trinajstić information content (AvgIpc) is 3.06. The van der Waals surface area contributed by atoms with Crippen molar-refractivity contribution in [2.75, 3.05) is 26.2 Å². The number of aryl methyl sites for hydroxylation is 2. The molecule has 0 saturated carbocycles. The van der Waals surface area contributed by atoms with E-state index in [0.29, 0.717) is 0 Å². The maximum absolute atomic E-state index is 14.3. The minimum Gasteiger partial charge on any atom is -0.207 e. The van der Waals surface area contributed by atoms with Gasteiger partial charge in [-0.2, -0.15) is 8.61 Å². The molecule has 3 aliphatic rings. The first kappa shape index (κ1) is 30.8. The zero-order chi connectivity index (χ0) is 32.1. The van der Waals surface area contributed by atoms with Crippen molar-refractivity contribution in [1.82, 2.24) is 8.61 Å². The normalized spacial score (nSPS) is 23.5. The number of nitrogens with zero attached hydrogens (tertiary/aromatic N) is 2. The zero-order valence-corrected chi connectivity index (χ0v) is 27.7. The van der Waals surface area contributed by atoms with Gasteiger partial charge in [0.1, 0.15) is 0 Å². The van der Waals surface area contributed by atoms with Crippen LogP contribution in [0.5, 0.6) is 0 Å². The van der Waals surface area contributed by atoms with Crippen LogP contribution < -0.4 is 0 Å². The Morgan fingerprint density at radius 3 is 0.957 bits per heavy atom. The molecule has 4 aromatic rings. The molecule has 7 rings (SSSR count). The first-order valence-corrected chi connectivity index (χ1v) is 18.7. The monoisotopic (exact) mass is 650 g/mol. The lowest BCUT2D eigenvalue weighted by Crippen LogP contribution is -2.41. The Labute approximate surface area is 272 Å². The molecule has 0 amide bonds. The van der Waals surface area contributed by atoms with E-state index in [1.807, 2.05) is 62.4 Å². The number of rotatable bonds is 4. The molecule has 0 spiro atoms. The molecule has 4 unspecified atom stereocenters. The molecule has 0 saturated heterocycles.